The van der Waals surface area contributed by atoms with Crippen LogP contribution in [0, 0.1) is 11.8 Å². The van der Waals surface area contributed by atoms with E-state index in [1.807, 2.05) is 0 Å². The summed E-state index contributed by atoms with van der Waals surface area (Å²) in [6.45, 7) is 10.7. The summed E-state index contributed by atoms with van der Waals surface area (Å²) in [4.78, 5) is 0. The zero-order valence-electron chi connectivity index (χ0n) is 12.9. The predicted molar refractivity (Wildman–Crippen MR) is 80.7 cm³/mol. The summed E-state index contributed by atoms with van der Waals surface area (Å²) in [6.07, 6.45) is 2.73. The first-order valence-corrected chi connectivity index (χ1v) is 9.22. The van der Waals surface area contributed by atoms with Crippen LogP contribution in [0.3, 0.4) is 0 Å². The van der Waals surface area contributed by atoms with Crippen molar-refractivity contribution in [1.82, 2.24) is 9.62 Å². The van der Waals surface area contributed by atoms with Gasteiger partial charge in [-0.2, -0.15) is 0 Å². The molecule has 0 aromatic rings. The number of nitrogens with zero attached hydrogens (tertiary/aromatic N) is 1. The summed E-state index contributed by atoms with van der Waals surface area (Å²) in [5.74, 6) is 1.19. The summed E-state index contributed by atoms with van der Waals surface area (Å²) in [5, 5.41) is 3.49. The van der Waals surface area contributed by atoms with Crippen molar-refractivity contribution in [3.8, 4) is 0 Å². The van der Waals surface area contributed by atoms with E-state index in [4.69, 9.17) is 0 Å². The molecule has 0 saturated carbocycles. The Labute approximate surface area is 119 Å². The smallest absolute Gasteiger partial charge is 0.214 e. The van der Waals surface area contributed by atoms with E-state index < -0.39 is 10.0 Å². The standard InChI is InChI=1S/C14H30N2O2S/c1-5-13-11-16(9-7-14(13)15-6-2)19(17,18)10-8-12(3)4/h12-15H,5-11H2,1-4H3. The van der Waals surface area contributed by atoms with E-state index in [0.717, 1.165) is 25.8 Å². The van der Waals surface area contributed by atoms with E-state index in [0.29, 0.717) is 36.7 Å². The lowest BCUT2D eigenvalue weighted by Crippen LogP contribution is -2.51. The van der Waals surface area contributed by atoms with Gasteiger partial charge in [-0.3, -0.25) is 0 Å². The molecule has 0 amide bonds. The second-order valence-corrected chi connectivity index (χ2v) is 8.07. The van der Waals surface area contributed by atoms with Crippen molar-refractivity contribution in [2.75, 3.05) is 25.4 Å². The molecule has 1 aliphatic rings. The summed E-state index contributed by atoms with van der Waals surface area (Å²) in [5.41, 5.74) is 0. The molecule has 1 heterocycles. The molecule has 0 aliphatic carbocycles. The minimum absolute atomic E-state index is 0.299. The van der Waals surface area contributed by atoms with Crippen LogP contribution in [0.25, 0.3) is 0 Å². The van der Waals surface area contributed by atoms with Crippen LogP contribution in [-0.4, -0.2) is 44.2 Å². The van der Waals surface area contributed by atoms with Gasteiger partial charge in [0.05, 0.1) is 5.75 Å². The first kappa shape index (κ1) is 16.9. The predicted octanol–water partition coefficient (Wildman–Crippen LogP) is 2.07. The minimum Gasteiger partial charge on any atom is -0.314 e. The first-order chi connectivity index (χ1) is 8.90. The quantitative estimate of drug-likeness (QED) is 0.781. The van der Waals surface area contributed by atoms with Crippen molar-refractivity contribution < 1.29 is 8.42 Å². The lowest BCUT2D eigenvalue weighted by molar-refractivity contribution is 0.204. The molecule has 1 fully saturated rings. The molecule has 4 nitrogen and oxygen atoms in total. The SMILES string of the molecule is CCNC1CCN(S(=O)(=O)CCC(C)C)CC1CC. The molecule has 1 aliphatic heterocycles. The summed E-state index contributed by atoms with van der Waals surface area (Å²) < 4.78 is 26.4. The summed E-state index contributed by atoms with van der Waals surface area (Å²) in [7, 11) is -3.05. The average Bonchev–Trinajstić information content (AvgIpc) is 2.37. The van der Waals surface area contributed by atoms with Crippen molar-refractivity contribution in [3.05, 3.63) is 0 Å². The van der Waals surface area contributed by atoms with E-state index in [1.54, 1.807) is 4.31 Å². The van der Waals surface area contributed by atoms with Gasteiger partial charge in [0, 0.05) is 19.1 Å². The lowest BCUT2D eigenvalue weighted by atomic mass is 9.91. The zero-order valence-corrected chi connectivity index (χ0v) is 13.7. The monoisotopic (exact) mass is 290 g/mol. The van der Waals surface area contributed by atoms with Gasteiger partial charge < -0.3 is 5.32 Å². The highest BCUT2D eigenvalue weighted by molar-refractivity contribution is 7.89. The third-order valence-corrected chi connectivity index (χ3v) is 5.90. The molecule has 2 atom stereocenters. The normalized spacial score (nSPS) is 25.9. The molecule has 114 valence electrons. The average molecular weight is 290 g/mol. The Balaban J connectivity index is 2.61. The van der Waals surface area contributed by atoms with Crippen molar-refractivity contribution in [2.24, 2.45) is 11.8 Å². The van der Waals surface area contributed by atoms with Crippen LogP contribution in [0.4, 0.5) is 0 Å². The topological polar surface area (TPSA) is 49.4 Å². The van der Waals surface area contributed by atoms with Crippen LogP contribution < -0.4 is 5.32 Å². The van der Waals surface area contributed by atoms with Crippen molar-refractivity contribution >= 4 is 10.0 Å². The third-order valence-electron chi connectivity index (χ3n) is 4.03. The Bertz CT molecular complexity index is 354. The summed E-state index contributed by atoms with van der Waals surface area (Å²) in [6, 6.07) is 0.478. The van der Waals surface area contributed by atoms with Crippen LogP contribution >= 0.6 is 0 Å². The zero-order chi connectivity index (χ0) is 14.5. The van der Waals surface area contributed by atoms with Crippen LogP contribution in [0.2, 0.25) is 0 Å². The first-order valence-electron chi connectivity index (χ1n) is 7.61. The highest BCUT2D eigenvalue weighted by Crippen LogP contribution is 2.23. The molecule has 0 radical (unpaired) electrons. The number of hydrogen-bond acceptors (Lipinski definition) is 3. The number of hydrogen-bond donors (Lipinski definition) is 1. The van der Waals surface area contributed by atoms with E-state index in [1.165, 1.54) is 0 Å². The maximum Gasteiger partial charge on any atom is 0.214 e. The van der Waals surface area contributed by atoms with E-state index in [9.17, 15) is 8.42 Å². The molecule has 5 heteroatoms. The molecular weight excluding hydrogens is 260 g/mol. The van der Waals surface area contributed by atoms with Crippen molar-refractivity contribution in [2.45, 2.75) is 53.0 Å². The van der Waals surface area contributed by atoms with Gasteiger partial charge >= 0.3 is 0 Å². The van der Waals surface area contributed by atoms with Crippen molar-refractivity contribution in [1.29, 1.82) is 0 Å². The largest absolute Gasteiger partial charge is 0.314 e. The Kier molecular flexibility index (Phi) is 6.77. The molecule has 0 bridgehead atoms. The van der Waals surface area contributed by atoms with Crippen LogP contribution in [0.1, 0.15) is 47.0 Å². The molecule has 0 spiro atoms. The van der Waals surface area contributed by atoms with Crippen molar-refractivity contribution in [3.63, 3.8) is 0 Å². The summed E-state index contributed by atoms with van der Waals surface area (Å²) >= 11 is 0. The van der Waals surface area contributed by atoms with E-state index in [2.05, 4.69) is 33.0 Å². The van der Waals surface area contributed by atoms with Gasteiger partial charge in [-0.15, -0.1) is 0 Å². The molecule has 0 aromatic carbocycles. The van der Waals surface area contributed by atoms with Gasteiger partial charge in [0.15, 0.2) is 0 Å². The Morgan fingerprint density at radius 2 is 2.00 bits per heavy atom. The van der Waals surface area contributed by atoms with Gasteiger partial charge in [0.2, 0.25) is 10.0 Å². The third kappa shape index (κ3) is 5.04. The van der Waals surface area contributed by atoms with E-state index >= 15 is 0 Å². The molecule has 1 N–H and O–H groups in total. The number of nitrogens with one attached hydrogen (secondary N) is 1. The Morgan fingerprint density at radius 1 is 1.32 bits per heavy atom. The maximum absolute atomic E-state index is 12.3. The highest BCUT2D eigenvalue weighted by Gasteiger charge is 2.33. The second-order valence-electron chi connectivity index (χ2n) is 5.98. The van der Waals surface area contributed by atoms with Crippen LogP contribution in [-0.2, 0) is 10.0 Å². The van der Waals surface area contributed by atoms with Gasteiger partial charge in [0.25, 0.3) is 0 Å². The molecule has 1 rings (SSSR count). The fourth-order valence-electron chi connectivity index (χ4n) is 2.71. The molecular formula is C14H30N2O2S. The van der Waals surface area contributed by atoms with Crippen LogP contribution in [0.5, 0.6) is 0 Å². The second kappa shape index (κ2) is 7.60. The van der Waals surface area contributed by atoms with Gasteiger partial charge in [-0.05, 0) is 31.2 Å². The fourth-order valence-corrected chi connectivity index (χ4v) is 4.54. The number of piperidine rings is 1. The molecule has 0 aromatic heterocycles. The molecule has 2 unspecified atom stereocenters. The van der Waals surface area contributed by atoms with Gasteiger partial charge in [0.1, 0.15) is 0 Å². The molecule has 19 heavy (non-hydrogen) atoms. The number of sulfonamides is 1. The highest BCUT2D eigenvalue weighted by atomic mass is 32.2. The van der Waals surface area contributed by atoms with Gasteiger partial charge in [-0.25, -0.2) is 12.7 Å². The Hall–Kier alpha value is -0.130. The van der Waals surface area contributed by atoms with E-state index in [-0.39, 0.29) is 0 Å². The maximum atomic E-state index is 12.3. The molecule has 1 saturated heterocycles. The number of rotatable bonds is 7. The Morgan fingerprint density at radius 3 is 2.53 bits per heavy atom. The van der Waals surface area contributed by atoms with Crippen LogP contribution in [0.15, 0.2) is 0 Å². The minimum atomic E-state index is -3.05. The fraction of sp³-hybridized carbons (Fsp3) is 1.00. The lowest BCUT2D eigenvalue weighted by Gasteiger charge is -2.38. The van der Waals surface area contributed by atoms with Gasteiger partial charge in [-0.1, -0.05) is 34.1 Å².